The Morgan fingerprint density at radius 1 is 1.38 bits per heavy atom. The van der Waals surface area contributed by atoms with E-state index in [9.17, 15) is 13.2 Å². The fourth-order valence-corrected chi connectivity index (χ4v) is 1.05. The minimum atomic E-state index is -4.26. The van der Waals surface area contributed by atoms with Crippen LogP contribution in [0.1, 0.15) is 11.4 Å². The van der Waals surface area contributed by atoms with Gasteiger partial charge in [-0.15, -0.1) is 4.68 Å². The van der Waals surface area contributed by atoms with Crippen molar-refractivity contribution in [3.05, 3.63) is 17.5 Å². The molecule has 0 aromatic carbocycles. The first-order chi connectivity index (χ1) is 5.34. The number of halogens is 4. The van der Waals surface area contributed by atoms with Gasteiger partial charge >= 0.3 is 11.9 Å². The topological polar surface area (TPSA) is 8.81 Å². The molecule has 0 saturated carbocycles. The van der Waals surface area contributed by atoms with Crippen LogP contribution in [0.3, 0.4) is 0 Å². The zero-order chi connectivity index (χ0) is 9.52. The second-order valence-corrected chi connectivity index (χ2v) is 2.72. The zero-order valence-corrected chi connectivity index (χ0v) is 8.24. The standard InChI is InChI=1S/C7H10F3N2.ClH/c1-5-4-6(7(8,9)10)12(3)11(5)2;/h4H,1-3H3;1H/q+1;/p-1. The van der Waals surface area contributed by atoms with Crippen molar-refractivity contribution < 1.29 is 30.3 Å². The van der Waals surface area contributed by atoms with E-state index in [2.05, 4.69) is 0 Å². The van der Waals surface area contributed by atoms with Crippen molar-refractivity contribution in [1.29, 1.82) is 0 Å². The summed E-state index contributed by atoms with van der Waals surface area (Å²) in [5, 5.41) is 0. The quantitative estimate of drug-likeness (QED) is 0.450. The number of rotatable bonds is 0. The summed E-state index contributed by atoms with van der Waals surface area (Å²) >= 11 is 0. The van der Waals surface area contributed by atoms with Crippen LogP contribution in [0.2, 0.25) is 0 Å². The van der Waals surface area contributed by atoms with E-state index in [1.165, 1.54) is 11.7 Å². The Hall–Kier alpha value is -0.710. The van der Waals surface area contributed by atoms with E-state index in [0.717, 1.165) is 10.7 Å². The van der Waals surface area contributed by atoms with Gasteiger partial charge in [0.1, 0.15) is 0 Å². The molecule has 0 amide bonds. The number of aryl methyl sites for hydroxylation is 1. The third kappa shape index (κ3) is 2.15. The summed E-state index contributed by atoms with van der Waals surface area (Å²) in [6.07, 6.45) is -4.26. The number of aromatic nitrogens is 2. The largest absolute Gasteiger partial charge is 1.00 e. The third-order valence-corrected chi connectivity index (χ3v) is 1.95. The van der Waals surface area contributed by atoms with E-state index in [1.54, 1.807) is 14.0 Å². The molecular formula is C7H10ClF3N2. The van der Waals surface area contributed by atoms with Gasteiger partial charge in [0.25, 0.3) is 0 Å². The molecule has 0 N–H and O–H groups in total. The highest BCUT2D eigenvalue weighted by Gasteiger charge is 2.42. The molecule has 0 saturated heterocycles. The molecule has 6 heteroatoms. The third-order valence-electron chi connectivity index (χ3n) is 1.95. The number of alkyl halides is 3. The minimum absolute atomic E-state index is 0. The monoisotopic (exact) mass is 214 g/mol. The Labute approximate surface area is 80.4 Å². The molecule has 0 aliphatic carbocycles. The SMILES string of the molecule is Cc1cc(C(F)(F)F)[n+](C)n1C.[Cl-]. The number of nitrogens with zero attached hydrogens (tertiary/aromatic N) is 2. The lowest BCUT2D eigenvalue weighted by atomic mass is 10.3. The maximum Gasteiger partial charge on any atom is 0.479 e. The zero-order valence-electron chi connectivity index (χ0n) is 7.48. The summed E-state index contributed by atoms with van der Waals surface area (Å²) in [5.74, 6) is 0. The van der Waals surface area contributed by atoms with Crippen LogP contribution < -0.4 is 17.1 Å². The van der Waals surface area contributed by atoms with E-state index in [0.29, 0.717) is 5.69 Å². The van der Waals surface area contributed by atoms with Crippen LogP contribution in [-0.4, -0.2) is 4.68 Å². The second-order valence-electron chi connectivity index (χ2n) is 2.72. The van der Waals surface area contributed by atoms with Crippen molar-refractivity contribution in [3.63, 3.8) is 0 Å². The van der Waals surface area contributed by atoms with Gasteiger partial charge < -0.3 is 12.4 Å². The summed E-state index contributed by atoms with van der Waals surface area (Å²) in [6.45, 7) is 1.63. The summed E-state index contributed by atoms with van der Waals surface area (Å²) in [5.41, 5.74) is -0.0349. The van der Waals surface area contributed by atoms with Gasteiger partial charge in [0.15, 0.2) is 7.05 Å². The van der Waals surface area contributed by atoms with Crippen LogP contribution in [0.4, 0.5) is 13.2 Å². The predicted molar refractivity (Wildman–Crippen MR) is 36.3 cm³/mol. The summed E-state index contributed by atoms with van der Waals surface area (Å²) in [4.78, 5) is 0. The maximum atomic E-state index is 12.2. The molecule has 1 aromatic rings. The van der Waals surface area contributed by atoms with Crippen LogP contribution in [-0.2, 0) is 20.3 Å². The van der Waals surface area contributed by atoms with Gasteiger partial charge in [-0.3, -0.25) is 0 Å². The molecule has 76 valence electrons. The lowest BCUT2D eigenvalue weighted by Gasteiger charge is -1.99. The van der Waals surface area contributed by atoms with Crippen LogP contribution in [0.15, 0.2) is 6.07 Å². The Balaban J connectivity index is 0.00000144. The fraction of sp³-hybridized carbons (Fsp3) is 0.571. The molecule has 0 aliphatic rings. The van der Waals surface area contributed by atoms with E-state index in [4.69, 9.17) is 0 Å². The molecule has 0 spiro atoms. The van der Waals surface area contributed by atoms with Gasteiger partial charge in [-0.2, -0.15) is 17.9 Å². The number of hydrogen-bond acceptors (Lipinski definition) is 0. The smallest absolute Gasteiger partial charge is 0.479 e. The van der Waals surface area contributed by atoms with E-state index < -0.39 is 11.9 Å². The first-order valence-corrected chi connectivity index (χ1v) is 3.44. The molecule has 0 aliphatic heterocycles. The summed E-state index contributed by atoms with van der Waals surface area (Å²) < 4.78 is 39.1. The van der Waals surface area contributed by atoms with Crippen molar-refractivity contribution in [3.8, 4) is 0 Å². The lowest BCUT2D eigenvalue weighted by molar-refractivity contribution is -0.766. The fourth-order valence-electron chi connectivity index (χ4n) is 1.05. The Morgan fingerprint density at radius 2 is 1.85 bits per heavy atom. The molecule has 1 aromatic heterocycles. The molecular weight excluding hydrogens is 205 g/mol. The molecule has 2 nitrogen and oxygen atoms in total. The lowest BCUT2D eigenvalue weighted by Crippen LogP contribution is -3.00. The minimum Gasteiger partial charge on any atom is -1.00 e. The average Bonchev–Trinajstić information content (AvgIpc) is 2.15. The Kier molecular flexibility index (Phi) is 3.38. The predicted octanol–water partition coefficient (Wildman–Crippen LogP) is -1.82. The summed E-state index contributed by atoms with van der Waals surface area (Å²) in [7, 11) is 2.97. The Morgan fingerprint density at radius 3 is 2.00 bits per heavy atom. The van der Waals surface area contributed by atoms with Gasteiger partial charge in [0.05, 0.1) is 12.7 Å². The van der Waals surface area contributed by atoms with Gasteiger partial charge in [0, 0.05) is 6.07 Å². The normalized spacial score (nSPS) is 11.2. The van der Waals surface area contributed by atoms with Crippen LogP contribution >= 0.6 is 0 Å². The molecule has 0 unspecified atom stereocenters. The molecule has 0 bridgehead atoms. The number of hydrogen-bond donors (Lipinski definition) is 0. The first kappa shape index (κ1) is 12.3. The van der Waals surface area contributed by atoms with Crippen LogP contribution in [0.25, 0.3) is 0 Å². The summed E-state index contributed by atoms with van der Waals surface area (Å²) in [6, 6.07) is 1.12. The highest BCUT2D eigenvalue weighted by atomic mass is 35.5. The van der Waals surface area contributed by atoms with E-state index in [-0.39, 0.29) is 12.4 Å². The van der Waals surface area contributed by atoms with E-state index >= 15 is 0 Å². The van der Waals surface area contributed by atoms with Gasteiger partial charge in [0.2, 0.25) is 0 Å². The van der Waals surface area contributed by atoms with Crippen LogP contribution in [0, 0.1) is 6.92 Å². The second kappa shape index (κ2) is 3.57. The van der Waals surface area contributed by atoms with Crippen LogP contribution in [0.5, 0.6) is 0 Å². The highest BCUT2D eigenvalue weighted by Crippen LogP contribution is 2.26. The van der Waals surface area contributed by atoms with Crippen molar-refractivity contribution in [2.45, 2.75) is 13.1 Å². The van der Waals surface area contributed by atoms with Crippen molar-refractivity contribution in [1.82, 2.24) is 4.68 Å². The van der Waals surface area contributed by atoms with Crippen molar-refractivity contribution in [2.75, 3.05) is 0 Å². The highest BCUT2D eigenvalue weighted by molar-refractivity contribution is 5.05. The Bertz CT molecular complexity index is 303. The first-order valence-electron chi connectivity index (χ1n) is 3.44. The van der Waals surface area contributed by atoms with Gasteiger partial charge in [-0.05, 0) is 6.92 Å². The molecule has 0 radical (unpaired) electrons. The van der Waals surface area contributed by atoms with Gasteiger partial charge in [-0.1, -0.05) is 0 Å². The maximum absolute atomic E-state index is 12.2. The molecule has 1 rings (SSSR count). The molecule has 13 heavy (non-hydrogen) atoms. The van der Waals surface area contributed by atoms with E-state index in [1.807, 2.05) is 0 Å². The van der Waals surface area contributed by atoms with Crippen molar-refractivity contribution in [2.24, 2.45) is 14.1 Å². The van der Waals surface area contributed by atoms with Crippen molar-refractivity contribution >= 4 is 0 Å². The van der Waals surface area contributed by atoms with Gasteiger partial charge in [-0.25, -0.2) is 0 Å². The molecule has 0 atom stereocenters. The molecule has 0 fully saturated rings. The average molecular weight is 215 g/mol. The molecule has 1 heterocycles.